The van der Waals surface area contributed by atoms with Crippen LogP contribution in [-0.4, -0.2) is 6.04 Å². The second-order valence-electron chi connectivity index (χ2n) is 4.03. The Kier molecular flexibility index (Phi) is 4.22. The third-order valence-electron chi connectivity index (χ3n) is 2.50. The van der Waals surface area contributed by atoms with Gasteiger partial charge in [-0.3, -0.25) is 0 Å². The quantitative estimate of drug-likeness (QED) is 0.921. The van der Waals surface area contributed by atoms with Crippen LogP contribution in [0.2, 0.25) is 5.02 Å². The first-order chi connectivity index (χ1) is 8.58. The summed E-state index contributed by atoms with van der Waals surface area (Å²) >= 11 is 7.51. The van der Waals surface area contributed by atoms with Crippen LogP contribution in [-0.2, 0) is 0 Å². The molecule has 5 heteroatoms. The minimum atomic E-state index is -0.389. The van der Waals surface area contributed by atoms with Gasteiger partial charge in [0, 0.05) is 11.6 Å². The number of thiophene rings is 1. The van der Waals surface area contributed by atoms with Gasteiger partial charge in [-0.1, -0.05) is 11.6 Å². The number of rotatable bonds is 4. The lowest BCUT2D eigenvalue weighted by molar-refractivity contribution is 0.181. The Bertz CT molecular complexity index is 516. The van der Waals surface area contributed by atoms with Gasteiger partial charge in [-0.05, 0) is 41.9 Å². The SMILES string of the molecule is CC(N)C(Oc1ccc(F)cc1Cl)c1ccsc1. The molecule has 0 aliphatic rings. The van der Waals surface area contributed by atoms with Crippen LogP contribution in [0.15, 0.2) is 35.0 Å². The lowest BCUT2D eigenvalue weighted by Crippen LogP contribution is -2.28. The smallest absolute Gasteiger partial charge is 0.139 e. The highest BCUT2D eigenvalue weighted by Gasteiger charge is 2.19. The van der Waals surface area contributed by atoms with Crippen molar-refractivity contribution in [3.8, 4) is 5.75 Å². The normalized spacial score (nSPS) is 14.2. The first-order valence-electron chi connectivity index (χ1n) is 5.47. The number of nitrogens with two attached hydrogens (primary N) is 1. The Labute approximate surface area is 114 Å². The summed E-state index contributed by atoms with van der Waals surface area (Å²) in [5.41, 5.74) is 6.91. The van der Waals surface area contributed by atoms with Gasteiger partial charge >= 0.3 is 0 Å². The largest absolute Gasteiger partial charge is 0.483 e. The highest BCUT2D eigenvalue weighted by molar-refractivity contribution is 7.07. The van der Waals surface area contributed by atoms with E-state index in [2.05, 4.69) is 0 Å². The first kappa shape index (κ1) is 13.3. The Morgan fingerprint density at radius 2 is 2.17 bits per heavy atom. The van der Waals surface area contributed by atoms with Gasteiger partial charge in [0.05, 0.1) is 5.02 Å². The molecule has 2 N–H and O–H groups in total. The zero-order valence-electron chi connectivity index (χ0n) is 9.77. The summed E-state index contributed by atoms with van der Waals surface area (Å²) in [5.74, 6) is 0.0480. The van der Waals surface area contributed by atoms with Gasteiger partial charge in [0.25, 0.3) is 0 Å². The second-order valence-corrected chi connectivity index (χ2v) is 5.22. The van der Waals surface area contributed by atoms with Crippen LogP contribution < -0.4 is 10.5 Å². The number of ether oxygens (including phenoxy) is 1. The van der Waals surface area contributed by atoms with Crippen molar-refractivity contribution >= 4 is 22.9 Å². The third-order valence-corrected chi connectivity index (χ3v) is 3.49. The summed E-state index contributed by atoms with van der Waals surface area (Å²) in [6.07, 6.45) is -0.292. The van der Waals surface area contributed by atoms with Gasteiger partial charge < -0.3 is 10.5 Å². The van der Waals surface area contributed by atoms with Crippen LogP contribution in [0.5, 0.6) is 5.75 Å². The van der Waals surface area contributed by atoms with E-state index in [1.165, 1.54) is 18.2 Å². The molecule has 0 radical (unpaired) electrons. The van der Waals surface area contributed by atoms with Crippen LogP contribution in [0.4, 0.5) is 4.39 Å². The van der Waals surface area contributed by atoms with Crippen molar-refractivity contribution in [2.45, 2.75) is 19.1 Å². The van der Waals surface area contributed by atoms with E-state index in [4.69, 9.17) is 22.1 Å². The van der Waals surface area contributed by atoms with Gasteiger partial charge in [0.15, 0.2) is 0 Å². The highest BCUT2D eigenvalue weighted by atomic mass is 35.5. The van der Waals surface area contributed by atoms with Gasteiger partial charge in [-0.15, -0.1) is 0 Å². The molecule has 1 heterocycles. The topological polar surface area (TPSA) is 35.2 Å². The standard InChI is InChI=1S/C13H13ClFNOS/c1-8(16)13(9-4-5-18-7-9)17-12-3-2-10(15)6-11(12)14/h2-8,13H,16H2,1H3. The number of hydrogen-bond donors (Lipinski definition) is 1. The second kappa shape index (κ2) is 5.69. The lowest BCUT2D eigenvalue weighted by atomic mass is 10.1. The number of benzene rings is 1. The monoisotopic (exact) mass is 285 g/mol. The Morgan fingerprint density at radius 1 is 1.39 bits per heavy atom. The maximum Gasteiger partial charge on any atom is 0.139 e. The van der Waals surface area contributed by atoms with Crippen LogP contribution >= 0.6 is 22.9 Å². The summed E-state index contributed by atoms with van der Waals surface area (Å²) in [6.45, 7) is 1.86. The molecule has 2 aromatic rings. The van der Waals surface area contributed by atoms with Crippen LogP contribution in [0.25, 0.3) is 0 Å². The summed E-state index contributed by atoms with van der Waals surface area (Å²) in [5, 5.41) is 4.18. The maximum atomic E-state index is 13.0. The van der Waals surface area contributed by atoms with E-state index < -0.39 is 0 Å². The molecule has 0 aliphatic heterocycles. The van der Waals surface area contributed by atoms with E-state index in [-0.39, 0.29) is 23.0 Å². The van der Waals surface area contributed by atoms with Crippen molar-refractivity contribution in [2.24, 2.45) is 5.73 Å². The van der Waals surface area contributed by atoms with Gasteiger partial charge in [-0.2, -0.15) is 11.3 Å². The predicted molar refractivity (Wildman–Crippen MR) is 72.7 cm³/mol. The van der Waals surface area contributed by atoms with E-state index >= 15 is 0 Å². The Balaban J connectivity index is 2.24. The molecule has 2 nitrogen and oxygen atoms in total. The Hall–Kier alpha value is -1.10. The molecule has 2 rings (SSSR count). The molecular weight excluding hydrogens is 273 g/mol. The van der Waals surface area contributed by atoms with Crippen molar-refractivity contribution in [1.29, 1.82) is 0 Å². The maximum absolute atomic E-state index is 13.0. The van der Waals surface area contributed by atoms with Crippen LogP contribution in [0, 0.1) is 5.82 Å². The van der Waals surface area contributed by atoms with Gasteiger partial charge in [0.1, 0.15) is 17.7 Å². The molecular formula is C13H13ClFNOS. The summed E-state index contributed by atoms with van der Waals surface area (Å²) in [7, 11) is 0. The van der Waals surface area contributed by atoms with E-state index in [0.29, 0.717) is 5.75 Å². The van der Waals surface area contributed by atoms with Crippen molar-refractivity contribution < 1.29 is 9.13 Å². The molecule has 96 valence electrons. The molecule has 0 spiro atoms. The molecule has 1 aromatic heterocycles. The molecule has 0 amide bonds. The van der Waals surface area contributed by atoms with E-state index in [1.807, 2.05) is 23.8 Å². The van der Waals surface area contributed by atoms with E-state index in [0.717, 1.165) is 5.56 Å². The molecule has 1 aromatic carbocycles. The molecule has 2 unspecified atom stereocenters. The van der Waals surface area contributed by atoms with Crippen molar-refractivity contribution in [2.75, 3.05) is 0 Å². The average Bonchev–Trinajstić information content (AvgIpc) is 2.80. The van der Waals surface area contributed by atoms with Crippen molar-refractivity contribution in [1.82, 2.24) is 0 Å². The molecule has 2 atom stereocenters. The fraction of sp³-hybridized carbons (Fsp3) is 0.231. The molecule has 0 fully saturated rings. The zero-order valence-corrected chi connectivity index (χ0v) is 11.3. The summed E-state index contributed by atoms with van der Waals surface area (Å²) in [6, 6.07) is 5.81. The van der Waals surface area contributed by atoms with Gasteiger partial charge in [0.2, 0.25) is 0 Å². The fourth-order valence-corrected chi connectivity index (χ4v) is 2.52. The summed E-state index contributed by atoms with van der Waals surface area (Å²) in [4.78, 5) is 0. The molecule has 0 saturated heterocycles. The van der Waals surface area contributed by atoms with Crippen molar-refractivity contribution in [3.63, 3.8) is 0 Å². The average molecular weight is 286 g/mol. The predicted octanol–water partition coefficient (Wildman–Crippen LogP) is 4.01. The van der Waals surface area contributed by atoms with E-state index in [1.54, 1.807) is 11.3 Å². The number of halogens is 2. The lowest BCUT2D eigenvalue weighted by Gasteiger charge is -2.22. The number of hydrogen-bond acceptors (Lipinski definition) is 3. The molecule has 0 aliphatic carbocycles. The van der Waals surface area contributed by atoms with E-state index in [9.17, 15) is 4.39 Å². The third kappa shape index (κ3) is 3.02. The zero-order chi connectivity index (χ0) is 13.1. The fourth-order valence-electron chi connectivity index (χ4n) is 1.62. The Morgan fingerprint density at radius 3 is 2.72 bits per heavy atom. The molecule has 0 bridgehead atoms. The molecule has 0 saturated carbocycles. The van der Waals surface area contributed by atoms with Crippen molar-refractivity contribution in [3.05, 3.63) is 51.4 Å². The van der Waals surface area contributed by atoms with Crippen LogP contribution in [0.3, 0.4) is 0 Å². The minimum Gasteiger partial charge on any atom is -0.483 e. The van der Waals surface area contributed by atoms with Gasteiger partial charge in [-0.25, -0.2) is 4.39 Å². The van der Waals surface area contributed by atoms with Crippen LogP contribution in [0.1, 0.15) is 18.6 Å². The minimum absolute atomic E-state index is 0.194. The molecule has 18 heavy (non-hydrogen) atoms. The first-order valence-corrected chi connectivity index (χ1v) is 6.79. The highest BCUT2D eigenvalue weighted by Crippen LogP contribution is 2.31. The summed E-state index contributed by atoms with van der Waals surface area (Å²) < 4.78 is 18.7.